The van der Waals surface area contributed by atoms with Crippen LogP contribution in [0.3, 0.4) is 0 Å². The molecule has 4 nitrogen and oxygen atoms in total. The van der Waals surface area contributed by atoms with Crippen molar-refractivity contribution in [1.29, 1.82) is 0 Å². The first-order valence-electron chi connectivity index (χ1n) is 5.92. The van der Waals surface area contributed by atoms with Crippen molar-refractivity contribution in [2.75, 3.05) is 17.7 Å². The van der Waals surface area contributed by atoms with Gasteiger partial charge < -0.3 is 10.6 Å². The van der Waals surface area contributed by atoms with Crippen LogP contribution in [0.1, 0.15) is 15.9 Å². The van der Waals surface area contributed by atoms with Crippen molar-refractivity contribution < 1.29 is 9.18 Å². The number of nitrogens with one attached hydrogen (secondary N) is 2. The zero-order valence-electron chi connectivity index (χ0n) is 11.0. The second-order valence-electron chi connectivity index (χ2n) is 4.19. The standard InChI is InChI=1S/C14H13BrFN3O/c1-8-6-9(15)7-18-13(8)19-14(20)10-4-3-5-11(16)12(10)17-2/h3-7,17H,1-2H3,(H,18,19,20). The summed E-state index contributed by atoms with van der Waals surface area (Å²) in [7, 11) is 1.57. The van der Waals surface area contributed by atoms with Crippen molar-refractivity contribution in [3.63, 3.8) is 0 Å². The van der Waals surface area contributed by atoms with Crippen LogP contribution in [0.4, 0.5) is 15.9 Å². The molecule has 0 radical (unpaired) electrons. The van der Waals surface area contributed by atoms with Crippen LogP contribution in [0.5, 0.6) is 0 Å². The van der Waals surface area contributed by atoms with Gasteiger partial charge in [-0.3, -0.25) is 4.79 Å². The lowest BCUT2D eigenvalue weighted by atomic mass is 10.1. The zero-order valence-corrected chi connectivity index (χ0v) is 12.6. The monoisotopic (exact) mass is 337 g/mol. The van der Waals surface area contributed by atoms with E-state index in [1.54, 1.807) is 19.3 Å². The summed E-state index contributed by atoms with van der Waals surface area (Å²) in [5.41, 5.74) is 1.21. The van der Waals surface area contributed by atoms with Gasteiger partial charge in [0, 0.05) is 17.7 Å². The molecule has 2 aromatic rings. The fourth-order valence-corrected chi connectivity index (χ4v) is 2.26. The second-order valence-corrected chi connectivity index (χ2v) is 5.10. The largest absolute Gasteiger partial charge is 0.385 e. The van der Waals surface area contributed by atoms with Gasteiger partial charge in [0.05, 0.1) is 11.3 Å². The lowest BCUT2D eigenvalue weighted by Crippen LogP contribution is -2.16. The van der Waals surface area contributed by atoms with Crippen molar-refractivity contribution in [3.8, 4) is 0 Å². The van der Waals surface area contributed by atoms with E-state index in [2.05, 4.69) is 31.5 Å². The molecule has 0 saturated carbocycles. The molecule has 20 heavy (non-hydrogen) atoms. The summed E-state index contributed by atoms with van der Waals surface area (Å²) in [6.45, 7) is 1.83. The number of benzene rings is 1. The van der Waals surface area contributed by atoms with Crippen LogP contribution >= 0.6 is 15.9 Å². The molecule has 0 bridgehead atoms. The van der Waals surface area contributed by atoms with Crippen LogP contribution in [0.25, 0.3) is 0 Å². The highest BCUT2D eigenvalue weighted by molar-refractivity contribution is 9.10. The topological polar surface area (TPSA) is 54.0 Å². The predicted molar refractivity (Wildman–Crippen MR) is 80.6 cm³/mol. The molecule has 0 spiro atoms. The van der Waals surface area contributed by atoms with Gasteiger partial charge >= 0.3 is 0 Å². The molecule has 0 atom stereocenters. The molecule has 2 N–H and O–H groups in total. The normalized spacial score (nSPS) is 10.2. The van der Waals surface area contributed by atoms with Crippen LogP contribution < -0.4 is 10.6 Å². The molecule has 1 amide bonds. The number of rotatable bonds is 3. The van der Waals surface area contributed by atoms with Crippen molar-refractivity contribution in [1.82, 2.24) is 4.98 Å². The minimum atomic E-state index is -0.472. The smallest absolute Gasteiger partial charge is 0.259 e. The third-order valence-corrected chi connectivity index (χ3v) is 3.22. The SMILES string of the molecule is CNc1c(F)cccc1C(=O)Nc1ncc(Br)cc1C. The Kier molecular flexibility index (Phi) is 4.34. The molecule has 104 valence electrons. The molecule has 1 heterocycles. The predicted octanol–water partition coefficient (Wildman–Crippen LogP) is 3.59. The summed E-state index contributed by atoms with van der Waals surface area (Å²) in [5, 5.41) is 5.37. The Morgan fingerprint density at radius 1 is 1.40 bits per heavy atom. The Morgan fingerprint density at radius 3 is 2.80 bits per heavy atom. The molecule has 0 aliphatic heterocycles. The Bertz CT molecular complexity index is 661. The minimum absolute atomic E-state index is 0.166. The van der Waals surface area contributed by atoms with E-state index >= 15 is 0 Å². The van der Waals surface area contributed by atoms with Gasteiger partial charge in [-0.05, 0) is 46.6 Å². The first-order chi connectivity index (χ1) is 9.52. The van der Waals surface area contributed by atoms with E-state index in [1.807, 2.05) is 13.0 Å². The maximum atomic E-state index is 13.6. The zero-order chi connectivity index (χ0) is 14.7. The first-order valence-corrected chi connectivity index (χ1v) is 6.72. The van der Waals surface area contributed by atoms with E-state index in [4.69, 9.17) is 0 Å². The molecule has 1 aromatic heterocycles. The average Bonchev–Trinajstić information content (AvgIpc) is 2.41. The maximum absolute atomic E-state index is 13.6. The number of halogens is 2. The van der Waals surface area contributed by atoms with E-state index in [0.29, 0.717) is 5.82 Å². The number of hydrogen-bond acceptors (Lipinski definition) is 3. The highest BCUT2D eigenvalue weighted by Gasteiger charge is 2.15. The number of carbonyl (C=O) groups excluding carboxylic acids is 1. The van der Waals surface area contributed by atoms with Crippen molar-refractivity contribution in [2.45, 2.75) is 6.92 Å². The Balaban J connectivity index is 2.31. The fourth-order valence-electron chi connectivity index (χ4n) is 1.81. The number of carbonyl (C=O) groups is 1. The van der Waals surface area contributed by atoms with E-state index < -0.39 is 11.7 Å². The molecule has 0 aliphatic rings. The number of amides is 1. The molecule has 0 fully saturated rings. The molecular weight excluding hydrogens is 325 g/mol. The van der Waals surface area contributed by atoms with E-state index in [0.717, 1.165) is 10.0 Å². The lowest BCUT2D eigenvalue weighted by molar-refractivity contribution is 0.102. The third kappa shape index (κ3) is 2.96. The molecular formula is C14H13BrFN3O. The highest BCUT2D eigenvalue weighted by Crippen LogP contribution is 2.22. The number of aromatic nitrogens is 1. The maximum Gasteiger partial charge on any atom is 0.259 e. The van der Waals surface area contributed by atoms with Gasteiger partial charge in [-0.25, -0.2) is 9.37 Å². The molecule has 6 heteroatoms. The minimum Gasteiger partial charge on any atom is -0.385 e. The number of pyridine rings is 1. The number of aryl methyl sites for hydroxylation is 1. The van der Waals surface area contributed by atoms with Crippen LogP contribution in [0, 0.1) is 12.7 Å². The van der Waals surface area contributed by atoms with Gasteiger partial charge in [-0.2, -0.15) is 0 Å². The van der Waals surface area contributed by atoms with Crippen molar-refractivity contribution in [3.05, 3.63) is 51.9 Å². The van der Waals surface area contributed by atoms with Crippen LogP contribution in [0.15, 0.2) is 34.9 Å². The van der Waals surface area contributed by atoms with Crippen LogP contribution in [-0.2, 0) is 0 Å². The molecule has 1 aromatic carbocycles. The van der Waals surface area contributed by atoms with Gasteiger partial charge in [0.2, 0.25) is 0 Å². The summed E-state index contributed by atoms with van der Waals surface area (Å²) in [6, 6.07) is 6.18. The number of hydrogen-bond donors (Lipinski definition) is 2. The van der Waals surface area contributed by atoms with Crippen molar-refractivity contribution in [2.24, 2.45) is 0 Å². The highest BCUT2D eigenvalue weighted by atomic mass is 79.9. The van der Waals surface area contributed by atoms with E-state index in [-0.39, 0.29) is 11.3 Å². The Morgan fingerprint density at radius 2 is 2.15 bits per heavy atom. The summed E-state index contributed by atoms with van der Waals surface area (Å²) < 4.78 is 14.4. The average molecular weight is 338 g/mol. The van der Waals surface area contributed by atoms with Gasteiger partial charge in [-0.15, -0.1) is 0 Å². The number of nitrogens with zero attached hydrogens (tertiary/aromatic N) is 1. The number of anilines is 2. The molecule has 0 unspecified atom stereocenters. The van der Waals surface area contributed by atoms with Crippen LogP contribution in [-0.4, -0.2) is 17.9 Å². The number of para-hydroxylation sites is 1. The lowest BCUT2D eigenvalue weighted by Gasteiger charge is -2.11. The van der Waals surface area contributed by atoms with Gasteiger partial charge in [0.25, 0.3) is 5.91 Å². The summed E-state index contributed by atoms with van der Waals surface area (Å²) >= 11 is 3.30. The molecule has 0 aliphatic carbocycles. The summed E-state index contributed by atoms with van der Waals surface area (Å²) in [6.07, 6.45) is 1.59. The Labute approximate surface area is 124 Å². The fraction of sp³-hybridized carbons (Fsp3) is 0.143. The van der Waals surface area contributed by atoms with Gasteiger partial charge in [-0.1, -0.05) is 6.07 Å². The van der Waals surface area contributed by atoms with Crippen LogP contribution in [0.2, 0.25) is 0 Å². The van der Waals surface area contributed by atoms with Gasteiger partial charge in [0.1, 0.15) is 11.6 Å². The Hall–Kier alpha value is -1.95. The third-order valence-electron chi connectivity index (χ3n) is 2.79. The second kappa shape index (κ2) is 6.00. The van der Waals surface area contributed by atoms with E-state index in [9.17, 15) is 9.18 Å². The quantitative estimate of drug-likeness (QED) is 0.899. The first kappa shape index (κ1) is 14.5. The van der Waals surface area contributed by atoms with E-state index in [1.165, 1.54) is 12.1 Å². The van der Waals surface area contributed by atoms with Gasteiger partial charge in [0.15, 0.2) is 0 Å². The van der Waals surface area contributed by atoms with Crippen molar-refractivity contribution >= 4 is 33.3 Å². The molecule has 2 rings (SSSR count). The summed E-state index contributed by atoms with van der Waals surface area (Å²) in [4.78, 5) is 16.3. The molecule has 0 saturated heterocycles. The summed E-state index contributed by atoms with van der Waals surface area (Å²) in [5.74, 6) is -0.433.